The van der Waals surface area contributed by atoms with Gasteiger partial charge in [0, 0.05) is 18.6 Å². The van der Waals surface area contributed by atoms with Crippen LogP contribution >= 0.6 is 0 Å². The number of anilines is 2. The monoisotopic (exact) mass is 388 g/mol. The van der Waals surface area contributed by atoms with Gasteiger partial charge in [0.1, 0.15) is 0 Å². The Kier molecular flexibility index (Phi) is 9.88. The van der Waals surface area contributed by atoms with Crippen molar-refractivity contribution in [2.45, 2.75) is 18.7 Å². The number of fused-ring (bicyclic) bond motifs is 1. The fourth-order valence-electron chi connectivity index (χ4n) is 2.26. The summed E-state index contributed by atoms with van der Waals surface area (Å²) in [5, 5.41) is 3.63. The first-order valence-corrected chi connectivity index (χ1v) is 8.73. The topological polar surface area (TPSA) is 120 Å². The van der Waals surface area contributed by atoms with E-state index in [1.165, 1.54) is 12.4 Å². The van der Waals surface area contributed by atoms with Gasteiger partial charge < -0.3 is 16.5 Å². The summed E-state index contributed by atoms with van der Waals surface area (Å²) in [6.07, 6.45) is 2.94. The molecule has 2 heterocycles. The molecular formula is C16H21KN4O3S. The van der Waals surface area contributed by atoms with E-state index in [9.17, 15) is 8.42 Å². The smallest absolute Gasteiger partial charge is 0.870 e. The Balaban J connectivity index is 0.00000139. The Morgan fingerprint density at radius 2 is 1.72 bits per heavy atom. The molecule has 0 amide bonds. The minimum Gasteiger partial charge on any atom is -0.870 e. The molecule has 0 saturated carbocycles. The number of nitrogen functional groups attached to an aromatic ring is 1. The standard InChI is InChI=1S/C14H14N4O2S.C2H6.K.H2O/c1-16-13-11-7-8-18(14(11)17-9-12(13)15)21(19,20)10-5-3-2-4-6-10;1-2;;/h2-9H,15H2,1H3,(H,16,17);1-2H3;;1H2/q;;+1;/p-1. The Bertz CT molecular complexity index is 912. The zero-order chi connectivity index (χ0) is 17.0. The fourth-order valence-corrected chi connectivity index (χ4v) is 3.58. The molecule has 0 bridgehead atoms. The first-order valence-electron chi connectivity index (χ1n) is 7.29. The van der Waals surface area contributed by atoms with Gasteiger partial charge in [-0.25, -0.2) is 17.4 Å². The summed E-state index contributed by atoms with van der Waals surface area (Å²) in [6.45, 7) is 4.00. The van der Waals surface area contributed by atoms with E-state index < -0.39 is 10.0 Å². The van der Waals surface area contributed by atoms with E-state index in [0.29, 0.717) is 22.4 Å². The van der Waals surface area contributed by atoms with Crippen LogP contribution in [0.4, 0.5) is 11.4 Å². The molecular weight excluding hydrogens is 367 g/mol. The SMILES string of the molecule is CC.CNc1c(N)cnc2c1ccn2S(=O)(=O)c1ccccc1.[K+].[OH-]. The van der Waals surface area contributed by atoms with Gasteiger partial charge in [-0.1, -0.05) is 32.0 Å². The molecule has 2 aromatic heterocycles. The zero-order valence-electron chi connectivity index (χ0n) is 14.8. The van der Waals surface area contributed by atoms with E-state index in [-0.39, 0.29) is 61.8 Å². The van der Waals surface area contributed by atoms with Crippen molar-refractivity contribution in [3.63, 3.8) is 0 Å². The van der Waals surface area contributed by atoms with E-state index in [2.05, 4.69) is 10.3 Å². The van der Waals surface area contributed by atoms with Crippen LogP contribution in [0.1, 0.15) is 13.8 Å². The van der Waals surface area contributed by atoms with Gasteiger partial charge in [-0.15, -0.1) is 0 Å². The number of hydrogen-bond acceptors (Lipinski definition) is 6. The van der Waals surface area contributed by atoms with E-state index in [1.807, 2.05) is 13.8 Å². The number of nitrogens with zero attached hydrogens (tertiary/aromatic N) is 2. The minimum absolute atomic E-state index is 0. The first-order chi connectivity index (χ1) is 11.1. The van der Waals surface area contributed by atoms with E-state index in [4.69, 9.17) is 5.73 Å². The fraction of sp³-hybridized carbons (Fsp3) is 0.188. The molecule has 0 spiro atoms. The summed E-state index contributed by atoms with van der Waals surface area (Å²) in [7, 11) is -1.94. The average Bonchev–Trinajstić information content (AvgIpc) is 3.02. The second-order valence-electron chi connectivity index (χ2n) is 4.51. The number of rotatable bonds is 3. The van der Waals surface area contributed by atoms with Crippen LogP contribution in [-0.4, -0.2) is 29.9 Å². The van der Waals surface area contributed by atoms with E-state index >= 15 is 0 Å². The second-order valence-corrected chi connectivity index (χ2v) is 6.32. The maximum atomic E-state index is 12.7. The van der Waals surface area contributed by atoms with Crippen molar-refractivity contribution in [3.05, 3.63) is 48.8 Å². The molecule has 0 unspecified atom stereocenters. The second kappa shape index (κ2) is 10.3. The number of nitrogens with two attached hydrogens (primary N) is 1. The van der Waals surface area contributed by atoms with Crippen LogP contribution in [0.25, 0.3) is 11.0 Å². The van der Waals surface area contributed by atoms with Gasteiger partial charge in [-0.2, -0.15) is 0 Å². The Morgan fingerprint density at radius 3 is 2.28 bits per heavy atom. The molecule has 130 valence electrons. The van der Waals surface area contributed by atoms with Crippen LogP contribution in [0.15, 0.2) is 53.7 Å². The Morgan fingerprint density at radius 1 is 1.12 bits per heavy atom. The van der Waals surface area contributed by atoms with Crippen molar-refractivity contribution < 1.29 is 65.3 Å². The summed E-state index contributed by atoms with van der Waals surface area (Å²) in [4.78, 5) is 4.37. The van der Waals surface area contributed by atoms with E-state index in [0.717, 1.165) is 3.97 Å². The van der Waals surface area contributed by atoms with Crippen molar-refractivity contribution >= 4 is 32.4 Å². The minimum atomic E-state index is -3.67. The quantitative estimate of drug-likeness (QED) is 0.597. The Labute approximate surface area is 190 Å². The van der Waals surface area contributed by atoms with Crippen molar-refractivity contribution in [1.82, 2.24) is 8.96 Å². The van der Waals surface area contributed by atoms with Gasteiger partial charge in [0.2, 0.25) is 0 Å². The van der Waals surface area contributed by atoms with Crippen LogP contribution in [0.5, 0.6) is 0 Å². The van der Waals surface area contributed by atoms with Crippen molar-refractivity contribution in [1.29, 1.82) is 0 Å². The van der Waals surface area contributed by atoms with Crippen LogP contribution < -0.4 is 62.4 Å². The molecule has 1 aromatic carbocycles. The largest absolute Gasteiger partial charge is 1.00 e. The molecule has 0 saturated heterocycles. The van der Waals surface area contributed by atoms with Crippen LogP contribution in [0, 0.1) is 0 Å². The predicted octanol–water partition coefficient (Wildman–Crippen LogP) is -0.249. The summed E-state index contributed by atoms with van der Waals surface area (Å²) in [5.74, 6) is 0. The molecule has 0 fully saturated rings. The molecule has 25 heavy (non-hydrogen) atoms. The number of aromatic nitrogens is 2. The van der Waals surface area contributed by atoms with Gasteiger partial charge in [-0.05, 0) is 18.2 Å². The number of benzene rings is 1. The molecule has 7 nitrogen and oxygen atoms in total. The van der Waals surface area contributed by atoms with Gasteiger partial charge in [0.05, 0.1) is 22.5 Å². The number of nitrogens with one attached hydrogen (secondary N) is 1. The van der Waals surface area contributed by atoms with Crippen LogP contribution in [-0.2, 0) is 10.0 Å². The normalized spacial score (nSPS) is 10.0. The maximum absolute atomic E-state index is 12.7. The summed E-state index contributed by atoms with van der Waals surface area (Å²) in [5.41, 5.74) is 7.33. The van der Waals surface area contributed by atoms with Crippen LogP contribution in [0.2, 0.25) is 0 Å². The summed E-state index contributed by atoms with van der Waals surface area (Å²) < 4.78 is 26.5. The summed E-state index contributed by atoms with van der Waals surface area (Å²) in [6, 6.07) is 9.93. The third kappa shape index (κ3) is 4.62. The van der Waals surface area contributed by atoms with Crippen molar-refractivity contribution in [3.8, 4) is 0 Å². The molecule has 9 heteroatoms. The molecule has 0 aliphatic carbocycles. The molecule has 3 aromatic rings. The molecule has 0 atom stereocenters. The molecule has 3 rings (SSSR count). The Hall–Kier alpha value is -0.944. The molecule has 0 aliphatic rings. The van der Waals surface area contributed by atoms with Gasteiger partial charge in [0.15, 0.2) is 5.65 Å². The predicted molar refractivity (Wildman–Crippen MR) is 96.0 cm³/mol. The number of pyridine rings is 1. The average molecular weight is 389 g/mol. The van der Waals surface area contributed by atoms with Crippen molar-refractivity contribution in [2.75, 3.05) is 18.1 Å². The van der Waals surface area contributed by atoms with Gasteiger partial charge in [-0.3, -0.25) is 0 Å². The van der Waals surface area contributed by atoms with Crippen LogP contribution in [0.3, 0.4) is 0 Å². The molecule has 0 aliphatic heterocycles. The summed E-state index contributed by atoms with van der Waals surface area (Å²) >= 11 is 0. The molecule has 0 radical (unpaired) electrons. The third-order valence-corrected chi connectivity index (χ3v) is 4.94. The molecule has 4 N–H and O–H groups in total. The van der Waals surface area contributed by atoms with Gasteiger partial charge >= 0.3 is 51.4 Å². The van der Waals surface area contributed by atoms with E-state index in [1.54, 1.807) is 43.4 Å². The zero-order valence-corrected chi connectivity index (χ0v) is 18.7. The first kappa shape index (κ1) is 24.1. The van der Waals surface area contributed by atoms with Crippen molar-refractivity contribution in [2.24, 2.45) is 0 Å². The number of hydrogen-bond donors (Lipinski definition) is 2. The third-order valence-electron chi connectivity index (χ3n) is 3.26. The maximum Gasteiger partial charge on any atom is 1.00 e. The van der Waals surface area contributed by atoms with Gasteiger partial charge in [0.25, 0.3) is 10.0 Å².